The lowest BCUT2D eigenvalue weighted by Gasteiger charge is -2.30. The Morgan fingerprint density at radius 2 is 1.46 bits per heavy atom. The number of hydrogen-bond donors (Lipinski definition) is 0. The fourth-order valence-electron chi connectivity index (χ4n) is 1.64. The van der Waals surface area contributed by atoms with E-state index in [0.717, 1.165) is 19.3 Å². The average molecular weight is 188 g/mol. The molecule has 0 rings (SSSR count). The van der Waals surface area contributed by atoms with Crippen molar-refractivity contribution < 1.29 is 9.47 Å². The van der Waals surface area contributed by atoms with E-state index in [1.165, 1.54) is 19.3 Å². The first kappa shape index (κ1) is 12.9. The van der Waals surface area contributed by atoms with E-state index in [1.54, 1.807) is 14.2 Å². The Hall–Kier alpha value is -0.0800. The van der Waals surface area contributed by atoms with Crippen LogP contribution in [0.2, 0.25) is 0 Å². The molecule has 2 heteroatoms. The standard InChI is InChI=1S/C11H24O2/c1-5-7-8-10-11(12-3,13-4)9-6-2/h5-10H2,1-4H3. The van der Waals surface area contributed by atoms with Gasteiger partial charge in [-0.25, -0.2) is 0 Å². The van der Waals surface area contributed by atoms with Gasteiger partial charge in [0, 0.05) is 27.1 Å². The Balaban J connectivity index is 3.89. The quantitative estimate of drug-likeness (QED) is 0.429. The van der Waals surface area contributed by atoms with Crippen molar-refractivity contribution in [3.05, 3.63) is 0 Å². The summed E-state index contributed by atoms with van der Waals surface area (Å²) in [7, 11) is 3.48. The number of methoxy groups -OCH3 is 2. The van der Waals surface area contributed by atoms with Crippen molar-refractivity contribution in [1.29, 1.82) is 0 Å². The highest BCUT2D eigenvalue weighted by Crippen LogP contribution is 2.25. The highest BCUT2D eigenvalue weighted by Gasteiger charge is 2.27. The summed E-state index contributed by atoms with van der Waals surface area (Å²) < 4.78 is 10.9. The molecule has 0 aromatic heterocycles. The molecular formula is C11H24O2. The first-order valence-electron chi connectivity index (χ1n) is 5.35. The minimum absolute atomic E-state index is 0.316. The highest BCUT2D eigenvalue weighted by molar-refractivity contribution is 4.68. The van der Waals surface area contributed by atoms with Crippen molar-refractivity contribution in [2.24, 2.45) is 0 Å². The van der Waals surface area contributed by atoms with E-state index >= 15 is 0 Å². The molecular weight excluding hydrogens is 164 g/mol. The summed E-state index contributed by atoms with van der Waals surface area (Å²) >= 11 is 0. The van der Waals surface area contributed by atoms with Crippen molar-refractivity contribution >= 4 is 0 Å². The second-order valence-corrected chi connectivity index (χ2v) is 3.53. The van der Waals surface area contributed by atoms with Gasteiger partial charge in [-0.1, -0.05) is 33.1 Å². The summed E-state index contributed by atoms with van der Waals surface area (Å²) in [5.74, 6) is -0.316. The Labute approximate surface area is 82.6 Å². The van der Waals surface area contributed by atoms with Crippen molar-refractivity contribution in [3.8, 4) is 0 Å². The van der Waals surface area contributed by atoms with Gasteiger partial charge in [-0.3, -0.25) is 0 Å². The summed E-state index contributed by atoms with van der Waals surface area (Å²) in [6, 6.07) is 0. The predicted octanol–water partition coefficient (Wildman–Crippen LogP) is 3.36. The topological polar surface area (TPSA) is 18.5 Å². The predicted molar refractivity (Wildman–Crippen MR) is 55.8 cm³/mol. The zero-order valence-electron chi connectivity index (χ0n) is 9.56. The van der Waals surface area contributed by atoms with Crippen LogP contribution in [-0.4, -0.2) is 20.0 Å². The first-order valence-corrected chi connectivity index (χ1v) is 5.35. The minimum Gasteiger partial charge on any atom is -0.353 e. The van der Waals surface area contributed by atoms with Crippen molar-refractivity contribution in [2.45, 2.75) is 58.2 Å². The van der Waals surface area contributed by atoms with Gasteiger partial charge in [-0.2, -0.15) is 0 Å². The van der Waals surface area contributed by atoms with Gasteiger partial charge in [0.05, 0.1) is 0 Å². The molecule has 0 aliphatic rings. The number of unbranched alkanes of at least 4 members (excludes halogenated alkanes) is 2. The summed E-state index contributed by atoms with van der Waals surface area (Å²) in [4.78, 5) is 0. The third-order valence-corrected chi connectivity index (χ3v) is 2.54. The molecule has 0 fully saturated rings. The maximum atomic E-state index is 5.45. The van der Waals surface area contributed by atoms with Crippen molar-refractivity contribution in [2.75, 3.05) is 14.2 Å². The van der Waals surface area contributed by atoms with E-state index < -0.39 is 0 Å². The molecule has 0 unspecified atom stereocenters. The van der Waals surface area contributed by atoms with E-state index in [2.05, 4.69) is 13.8 Å². The Kier molecular flexibility index (Phi) is 7.29. The molecule has 0 saturated heterocycles. The van der Waals surface area contributed by atoms with Crippen LogP contribution in [0.5, 0.6) is 0 Å². The summed E-state index contributed by atoms with van der Waals surface area (Å²) in [5.41, 5.74) is 0. The van der Waals surface area contributed by atoms with E-state index in [9.17, 15) is 0 Å². The van der Waals surface area contributed by atoms with E-state index in [0.29, 0.717) is 0 Å². The highest BCUT2D eigenvalue weighted by atomic mass is 16.7. The van der Waals surface area contributed by atoms with Gasteiger partial charge in [0.25, 0.3) is 0 Å². The van der Waals surface area contributed by atoms with E-state index in [4.69, 9.17) is 9.47 Å². The second kappa shape index (κ2) is 7.34. The van der Waals surface area contributed by atoms with Crippen LogP contribution in [0.3, 0.4) is 0 Å². The molecule has 0 spiro atoms. The molecule has 0 aromatic carbocycles. The van der Waals surface area contributed by atoms with Crippen LogP contribution in [0.1, 0.15) is 52.4 Å². The van der Waals surface area contributed by atoms with Crippen LogP contribution < -0.4 is 0 Å². The monoisotopic (exact) mass is 188 g/mol. The molecule has 2 nitrogen and oxygen atoms in total. The van der Waals surface area contributed by atoms with E-state index in [-0.39, 0.29) is 5.79 Å². The zero-order valence-corrected chi connectivity index (χ0v) is 9.56. The SMILES string of the molecule is CCCCCC(CCC)(OC)OC. The molecule has 0 atom stereocenters. The van der Waals surface area contributed by atoms with Crippen LogP contribution in [0.25, 0.3) is 0 Å². The van der Waals surface area contributed by atoms with Gasteiger partial charge in [-0.05, 0) is 6.42 Å². The van der Waals surface area contributed by atoms with Crippen LogP contribution in [0.4, 0.5) is 0 Å². The van der Waals surface area contributed by atoms with Crippen LogP contribution in [-0.2, 0) is 9.47 Å². The first-order chi connectivity index (χ1) is 6.24. The van der Waals surface area contributed by atoms with Gasteiger partial charge < -0.3 is 9.47 Å². The molecule has 0 heterocycles. The molecule has 0 aliphatic carbocycles. The van der Waals surface area contributed by atoms with Gasteiger partial charge in [0.15, 0.2) is 5.79 Å². The maximum absolute atomic E-state index is 5.45. The van der Waals surface area contributed by atoms with Gasteiger partial charge in [0.1, 0.15) is 0 Å². The second-order valence-electron chi connectivity index (χ2n) is 3.53. The molecule has 0 amide bonds. The van der Waals surface area contributed by atoms with Crippen LogP contribution in [0, 0.1) is 0 Å². The molecule has 13 heavy (non-hydrogen) atoms. The van der Waals surface area contributed by atoms with Gasteiger partial charge in [0.2, 0.25) is 0 Å². The smallest absolute Gasteiger partial charge is 0.167 e. The Bertz CT molecular complexity index is 109. The molecule has 80 valence electrons. The van der Waals surface area contributed by atoms with Gasteiger partial charge >= 0.3 is 0 Å². The summed E-state index contributed by atoms with van der Waals surface area (Å²) in [6.45, 7) is 4.37. The fourth-order valence-corrected chi connectivity index (χ4v) is 1.64. The number of rotatable bonds is 8. The largest absolute Gasteiger partial charge is 0.353 e. The third-order valence-electron chi connectivity index (χ3n) is 2.54. The Morgan fingerprint density at radius 1 is 0.846 bits per heavy atom. The fraction of sp³-hybridized carbons (Fsp3) is 1.00. The lowest BCUT2D eigenvalue weighted by atomic mass is 10.0. The minimum atomic E-state index is -0.316. The van der Waals surface area contributed by atoms with Crippen molar-refractivity contribution in [1.82, 2.24) is 0 Å². The Morgan fingerprint density at radius 3 is 1.85 bits per heavy atom. The normalized spacial score (nSPS) is 12.0. The lowest BCUT2D eigenvalue weighted by Crippen LogP contribution is -2.33. The third kappa shape index (κ3) is 4.63. The molecule has 0 N–H and O–H groups in total. The molecule has 0 saturated carbocycles. The van der Waals surface area contributed by atoms with Gasteiger partial charge in [-0.15, -0.1) is 0 Å². The molecule has 0 bridgehead atoms. The van der Waals surface area contributed by atoms with Crippen LogP contribution >= 0.6 is 0 Å². The lowest BCUT2D eigenvalue weighted by molar-refractivity contribution is -0.215. The zero-order chi connectivity index (χ0) is 10.2. The summed E-state index contributed by atoms with van der Waals surface area (Å²) in [6.07, 6.45) is 6.81. The molecule has 0 aliphatic heterocycles. The maximum Gasteiger partial charge on any atom is 0.167 e. The average Bonchev–Trinajstić information content (AvgIpc) is 2.17. The molecule has 0 radical (unpaired) electrons. The summed E-state index contributed by atoms with van der Waals surface area (Å²) in [5, 5.41) is 0. The number of hydrogen-bond acceptors (Lipinski definition) is 2. The molecule has 0 aromatic rings. The number of ether oxygens (including phenoxy) is 2. The van der Waals surface area contributed by atoms with E-state index in [1.807, 2.05) is 0 Å². The van der Waals surface area contributed by atoms with Crippen LogP contribution in [0.15, 0.2) is 0 Å². The van der Waals surface area contributed by atoms with Crippen molar-refractivity contribution in [3.63, 3.8) is 0 Å².